The highest BCUT2D eigenvalue weighted by atomic mass is 35.5. The number of benzene rings is 1. The van der Waals surface area contributed by atoms with Gasteiger partial charge < -0.3 is 24.3 Å². The number of halogens is 1. The Balaban J connectivity index is 1.62. The molecule has 1 N–H and O–H groups in total. The van der Waals surface area contributed by atoms with Crippen molar-refractivity contribution in [3.8, 4) is 11.4 Å². The molecule has 4 heterocycles. The van der Waals surface area contributed by atoms with Gasteiger partial charge in [-0.2, -0.15) is 0 Å². The molecular formula is C26H29ClN4O2S. The second kappa shape index (κ2) is 9.56. The lowest BCUT2D eigenvalue weighted by molar-refractivity contribution is 0.0842. The van der Waals surface area contributed by atoms with Crippen molar-refractivity contribution >= 4 is 28.9 Å². The van der Waals surface area contributed by atoms with Crippen LogP contribution in [0.1, 0.15) is 47.6 Å². The molecule has 2 aromatic heterocycles. The molecule has 2 aliphatic rings. The maximum atomic E-state index is 6.38. The van der Waals surface area contributed by atoms with E-state index in [9.17, 15) is 0 Å². The molecule has 2 aliphatic heterocycles. The number of nitrogens with zero attached hydrogens (tertiary/aromatic N) is 3. The lowest BCUT2D eigenvalue weighted by atomic mass is 9.96. The van der Waals surface area contributed by atoms with Crippen LogP contribution in [0.15, 0.2) is 48.7 Å². The number of aryl methyl sites for hydroxylation is 1. The van der Waals surface area contributed by atoms with E-state index in [1.54, 1.807) is 7.11 Å². The normalized spacial score (nSPS) is 22.3. The van der Waals surface area contributed by atoms with Crippen molar-refractivity contribution in [2.75, 3.05) is 20.3 Å². The molecule has 6 nitrogen and oxygen atoms in total. The minimum atomic E-state index is -0.0645. The van der Waals surface area contributed by atoms with Gasteiger partial charge in [0.15, 0.2) is 5.11 Å². The number of aromatic nitrogens is 2. The summed E-state index contributed by atoms with van der Waals surface area (Å²) in [6, 6.07) is 13.9. The lowest BCUT2D eigenvalue weighted by Gasteiger charge is -2.30. The summed E-state index contributed by atoms with van der Waals surface area (Å²) in [5, 5.41) is 4.96. The molecule has 0 aliphatic carbocycles. The van der Waals surface area contributed by atoms with Crippen LogP contribution >= 0.6 is 23.8 Å². The van der Waals surface area contributed by atoms with E-state index in [2.05, 4.69) is 45.7 Å². The predicted molar refractivity (Wildman–Crippen MR) is 138 cm³/mol. The number of hydrogen-bond donors (Lipinski definition) is 1. The Hall–Kier alpha value is -2.61. The summed E-state index contributed by atoms with van der Waals surface area (Å²) in [6.07, 6.45) is 4.16. The molecule has 0 bridgehead atoms. The molecule has 0 unspecified atom stereocenters. The zero-order valence-electron chi connectivity index (χ0n) is 19.6. The first-order chi connectivity index (χ1) is 16.5. The van der Waals surface area contributed by atoms with Crippen molar-refractivity contribution in [3.05, 3.63) is 76.3 Å². The summed E-state index contributed by atoms with van der Waals surface area (Å²) in [5.41, 5.74) is 5.30. The van der Waals surface area contributed by atoms with E-state index in [1.807, 2.05) is 36.5 Å². The first-order valence-corrected chi connectivity index (χ1v) is 12.4. The van der Waals surface area contributed by atoms with Gasteiger partial charge in [-0.3, -0.25) is 4.98 Å². The zero-order chi connectivity index (χ0) is 23.8. The van der Waals surface area contributed by atoms with Gasteiger partial charge in [-0.25, -0.2) is 0 Å². The van der Waals surface area contributed by atoms with Crippen molar-refractivity contribution in [1.82, 2.24) is 19.8 Å². The Bertz CT molecular complexity index is 1190. The fraction of sp³-hybridized carbons (Fsp3) is 0.385. The third kappa shape index (κ3) is 4.17. The predicted octanol–water partition coefficient (Wildman–Crippen LogP) is 5.30. The van der Waals surface area contributed by atoms with Crippen LogP contribution in [0.3, 0.4) is 0 Å². The van der Waals surface area contributed by atoms with Gasteiger partial charge in [0.2, 0.25) is 0 Å². The summed E-state index contributed by atoms with van der Waals surface area (Å²) < 4.78 is 13.9. The van der Waals surface area contributed by atoms with Crippen molar-refractivity contribution < 1.29 is 9.47 Å². The monoisotopic (exact) mass is 496 g/mol. The number of hydrogen-bond acceptors (Lipinski definition) is 4. The number of rotatable bonds is 6. The van der Waals surface area contributed by atoms with Crippen LogP contribution in [-0.4, -0.2) is 45.9 Å². The van der Waals surface area contributed by atoms with Gasteiger partial charge in [-0.15, -0.1) is 0 Å². The third-order valence-electron chi connectivity index (χ3n) is 6.79. The second-order valence-corrected chi connectivity index (χ2v) is 9.72. The third-order valence-corrected chi connectivity index (χ3v) is 7.38. The quantitative estimate of drug-likeness (QED) is 0.467. The molecule has 178 valence electrons. The van der Waals surface area contributed by atoms with Gasteiger partial charge in [-0.05, 0) is 80.9 Å². The average Bonchev–Trinajstić information content (AvgIpc) is 3.53. The number of nitrogens with one attached hydrogen (secondary N) is 1. The number of methoxy groups -OCH3 is 1. The van der Waals surface area contributed by atoms with Crippen LogP contribution in [0.2, 0.25) is 5.02 Å². The van der Waals surface area contributed by atoms with E-state index in [1.165, 1.54) is 5.56 Å². The Morgan fingerprint density at radius 1 is 1.24 bits per heavy atom. The van der Waals surface area contributed by atoms with E-state index in [-0.39, 0.29) is 18.2 Å². The highest BCUT2D eigenvalue weighted by molar-refractivity contribution is 7.80. The number of ether oxygens (including phenoxy) is 2. The van der Waals surface area contributed by atoms with E-state index in [0.717, 1.165) is 59.6 Å². The van der Waals surface area contributed by atoms with Crippen molar-refractivity contribution in [3.63, 3.8) is 0 Å². The van der Waals surface area contributed by atoms with Crippen LogP contribution < -0.4 is 10.1 Å². The molecule has 2 fully saturated rings. The molecule has 0 amide bonds. The molecule has 0 spiro atoms. The molecule has 0 radical (unpaired) electrons. The highest BCUT2D eigenvalue weighted by Crippen LogP contribution is 2.42. The summed E-state index contributed by atoms with van der Waals surface area (Å²) in [5.74, 6) is 0.773. The maximum Gasteiger partial charge on any atom is 0.170 e. The Labute approximate surface area is 210 Å². The van der Waals surface area contributed by atoms with Crippen LogP contribution in [0.25, 0.3) is 5.69 Å². The van der Waals surface area contributed by atoms with Gasteiger partial charge in [0.1, 0.15) is 5.75 Å². The summed E-state index contributed by atoms with van der Waals surface area (Å²) in [7, 11) is 1.68. The van der Waals surface area contributed by atoms with E-state index < -0.39 is 0 Å². The van der Waals surface area contributed by atoms with Crippen LogP contribution in [0, 0.1) is 13.8 Å². The first kappa shape index (κ1) is 23.1. The van der Waals surface area contributed by atoms with Gasteiger partial charge in [0.05, 0.1) is 36.7 Å². The standard InChI is InChI=1S/C26H29ClN4O2S/c1-16-13-20(17(2)31(16)22-14-18(27)9-10-23(22)32-3)25-24(21-8-4-5-11-28-21)29-26(34)30(25)15-19-7-6-12-33-19/h4-5,8-11,13-14,19,24-25H,6-7,12,15H2,1-3H3,(H,29,34)/t19-,24+,25-/m1/s1. The van der Waals surface area contributed by atoms with E-state index in [4.69, 9.17) is 33.3 Å². The largest absolute Gasteiger partial charge is 0.495 e. The highest BCUT2D eigenvalue weighted by Gasteiger charge is 2.42. The fourth-order valence-corrected chi connectivity index (χ4v) is 5.73. The zero-order valence-corrected chi connectivity index (χ0v) is 21.2. The smallest absolute Gasteiger partial charge is 0.170 e. The van der Waals surface area contributed by atoms with Crippen LogP contribution in [-0.2, 0) is 4.74 Å². The number of pyridine rings is 1. The fourth-order valence-electron chi connectivity index (χ4n) is 5.24. The molecule has 34 heavy (non-hydrogen) atoms. The Kier molecular flexibility index (Phi) is 6.51. The summed E-state index contributed by atoms with van der Waals surface area (Å²) >= 11 is 12.2. The second-order valence-electron chi connectivity index (χ2n) is 8.89. The molecule has 3 atom stereocenters. The molecule has 5 rings (SSSR count). The first-order valence-electron chi connectivity index (χ1n) is 11.6. The molecule has 8 heteroatoms. The minimum Gasteiger partial charge on any atom is -0.495 e. The van der Waals surface area contributed by atoms with Gasteiger partial charge in [-0.1, -0.05) is 17.7 Å². The van der Waals surface area contributed by atoms with Gasteiger partial charge >= 0.3 is 0 Å². The van der Waals surface area contributed by atoms with Crippen LogP contribution in [0.5, 0.6) is 5.75 Å². The van der Waals surface area contributed by atoms with Crippen molar-refractivity contribution in [2.24, 2.45) is 0 Å². The Morgan fingerprint density at radius 2 is 2.09 bits per heavy atom. The topological polar surface area (TPSA) is 51.5 Å². The van der Waals surface area contributed by atoms with Gasteiger partial charge in [0, 0.05) is 35.8 Å². The molecule has 0 saturated carbocycles. The van der Waals surface area contributed by atoms with Crippen molar-refractivity contribution in [1.29, 1.82) is 0 Å². The molecule has 2 saturated heterocycles. The molecule has 1 aromatic carbocycles. The van der Waals surface area contributed by atoms with E-state index in [0.29, 0.717) is 5.02 Å². The van der Waals surface area contributed by atoms with Crippen molar-refractivity contribution in [2.45, 2.75) is 44.9 Å². The molecular weight excluding hydrogens is 468 g/mol. The molecule has 3 aromatic rings. The average molecular weight is 497 g/mol. The van der Waals surface area contributed by atoms with E-state index >= 15 is 0 Å². The lowest BCUT2D eigenvalue weighted by Crippen LogP contribution is -2.36. The van der Waals surface area contributed by atoms with Gasteiger partial charge in [0.25, 0.3) is 0 Å². The van der Waals surface area contributed by atoms with Crippen LogP contribution in [0.4, 0.5) is 0 Å². The number of thiocarbonyl (C=S) groups is 1. The Morgan fingerprint density at radius 3 is 2.79 bits per heavy atom. The SMILES string of the molecule is COc1ccc(Cl)cc1-n1c(C)cc([C@@H]2[C@H](c3ccccn3)NC(=S)N2C[C@H]2CCCO2)c1C. The summed E-state index contributed by atoms with van der Waals surface area (Å²) in [6.45, 7) is 5.82. The maximum absolute atomic E-state index is 6.38. The summed E-state index contributed by atoms with van der Waals surface area (Å²) in [4.78, 5) is 6.95. The minimum absolute atomic E-state index is 0.0169.